The predicted molar refractivity (Wildman–Crippen MR) is 103 cm³/mol. The number of nitrogens with one attached hydrogen (secondary N) is 1. The number of anilines is 1. The first-order valence-corrected chi connectivity index (χ1v) is 8.73. The molecular weight excluding hydrogens is 346 g/mol. The van der Waals surface area contributed by atoms with Crippen LogP contribution in [-0.2, 0) is 22.4 Å². The van der Waals surface area contributed by atoms with Crippen LogP contribution in [0, 0.1) is 11.3 Å². The molecule has 27 heavy (non-hydrogen) atoms. The molecule has 0 atom stereocenters. The van der Waals surface area contributed by atoms with Crippen molar-refractivity contribution in [3.8, 4) is 6.07 Å². The summed E-state index contributed by atoms with van der Waals surface area (Å²) >= 11 is 0. The molecule has 0 aromatic heterocycles. The van der Waals surface area contributed by atoms with Gasteiger partial charge in [0.25, 0.3) is 0 Å². The zero-order valence-corrected chi connectivity index (χ0v) is 17.2. The first kappa shape index (κ1) is 22.3. The number of hydrogen-bond acceptors (Lipinski definition) is 5. The van der Waals surface area contributed by atoms with Gasteiger partial charge in [-0.1, -0.05) is 6.07 Å². The van der Waals surface area contributed by atoms with Crippen molar-refractivity contribution in [1.29, 1.82) is 5.26 Å². The van der Waals surface area contributed by atoms with Crippen LogP contribution in [0.25, 0.3) is 0 Å². The van der Waals surface area contributed by atoms with Crippen molar-refractivity contribution in [2.75, 3.05) is 12.4 Å². The highest BCUT2D eigenvalue weighted by Gasteiger charge is 2.21. The van der Waals surface area contributed by atoms with Gasteiger partial charge in [-0.05, 0) is 64.8 Å². The topological polar surface area (TPSA) is 91.7 Å². The maximum atomic E-state index is 12.2. The molecule has 1 N–H and O–H groups in total. The molecule has 0 saturated heterocycles. The lowest BCUT2D eigenvalue weighted by molar-refractivity contribution is 0.0284. The smallest absolute Gasteiger partial charge is 0.412 e. The van der Waals surface area contributed by atoms with Crippen LogP contribution >= 0.6 is 0 Å². The van der Waals surface area contributed by atoms with Gasteiger partial charge >= 0.3 is 12.2 Å². The SMILES string of the molecule is CN(Cc1cc(NC(=O)OC(C)(C)C)ccc1CC#N)C(=O)OC(C)(C)C. The second-order valence-corrected chi connectivity index (χ2v) is 8.28. The van der Waals surface area contributed by atoms with Crippen LogP contribution in [0.15, 0.2) is 18.2 Å². The van der Waals surface area contributed by atoms with Gasteiger partial charge in [-0.3, -0.25) is 5.32 Å². The number of amides is 2. The molecule has 0 aliphatic rings. The summed E-state index contributed by atoms with van der Waals surface area (Å²) < 4.78 is 10.6. The average Bonchev–Trinajstić information content (AvgIpc) is 2.46. The third kappa shape index (κ3) is 8.45. The summed E-state index contributed by atoms with van der Waals surface area (Å²) in [7, 11) is 1.62. The third-order valence-electron chi connectivity index (χ3n) is 3.23. The van der Waals surface area contributed by atoms with Crippen LogP contribution in [0.2, 0.25) is 0 Å². The third-order valence-corrected chi connectivity index (χ3v) is 3.23. The molecule has 7 heteroatoms. The Balaban J connectivity index is 2.97. The molecule has 7 nitrogen and oxygen atoms in total. The van der Waals surface area contributed by atoms with Crippen LogP contribution in [0.4, 0.5) is 15.3 Å². The summed E-state index contributed by atoms with van der Waals surface area (Å²) in [5.41, 5.74) is 0.852. The van der Waals surface area contributed by atoms with Crippen LogP contribution in [0.3, 0.4) is 0 Å². The van der Waals surface area contributed by atoms with E-state index in [2.05, 4.69) is 11.4 Å². The molecule has 2 amide bonds. The second-order valence-electron chi connectivity index (χ2n) is 8.28. The van der Waals surface area contributed by atoms with Crippen LogP contribution in [0.5, 0.6) is 0 Å². The van der Waals surface area contributed by atoms with Gasteiger partial charge in [0.2, 0.25) is 0 Å². The molecule has 1 aromatic carbocycles. The second kappa shape index (κ2) is 8.76. The molecule has 0 aliphatic carbocycles. The molecule has 1 aromatic rings. The molecular formula is C20H29N3O4. The lowest BCUT2D eigenvalue weighted by Crippen LogP contribution is -2.34. The van der Waals surface area contributed by atoms with E-state index < -0.39 is 23.4 Å². The summed E-state index contributed by atoms with van der Waals surface area (Å²) in [5, 5.41) is 11.7. The maximum Gasteiger partial charge on any atom is 0.412 e. The highest BCUT2D eigenvalue weighted by atomic mass is 16.6. The van der Waals surface area contributed by atoms with Crippen molar-refractivity contribution in [3.63, 3.8) is 0 Å². The summed E-state index contributed by atoms with van der Waals surface area (Å²) in [4.78, 5) is 25.6. The van der Waals surface area contributed by atoms with Gasteiger partial charge in [0.1, 0.15) is 11.2 Å². The zero-order chi connectivity index (χ0) is 20.8. The number of hydrogen-bond donors (Lipinski definition) is 1. The van der Waals surface area contributed by atoms with Gasteiger partial charge in [0.05, 0.1) is 12.5 Å². The Kier molecular flexibility index (Phi) is 7.23. The van der Waals surface area contributed by atoms with E-state index >= 15 is 0 Å². The minimum absolute atomic E-state index is 0.199. The molecule has 0 unspecified atom stereocenters. The fourth-order valence-corrected chi connectivity index (χ4v) is 2.19. The Morgan fingerprint density at radius 3 is 2.19 bits per heavy atom. The molecule has 0 radical (unpaired) electrons. The summed E-state index contributed by atoms with van der Waals surface area (Å²) in [6, 6.07) is 7.30. The number of nitrogens with zero attached hydrogens (tertiary/aromatic N) is 2. The highest BCUT2D eigenvalue weighted by molar-refractivity contribution is 5.85. The van der Waals surface area contributed by atoms with Crippen molar-refractivity contribution < 1.29 is 19.1 Å². The molecule has 0 fully saturated rings. The number of rotatable bonds is 4. The first-order valence-electron chi connectivity index (χ1n) is 8.73. The molecule has 0 heterocycles. The van der Waals surface area contributed by atoms with Gasteiger partial charge in [0.15, 0.2) is 0 Å². The molecule has 0 bridgehead atoms. The van der Waals surface area contributed by atoms with E-state index in [1.165, 1.54) is 4.90 Å². The summed E-state index contributed by atoms with van der Waals surface area (Å²) in [5.74, 6) is 0. The highest BCUT2D eigenvalue weighted by Crippen LogP contribution is 2.20. The molecule has 0 saturated carbocycles. The Bertz CT molecular complexity index is 724. The van der Waals surface area contributed by atoms with Gasteiger partial charge < -0.3 is 14.4 Å². The standard InChI is InChI=1S/C20H29N3O4/c1-19(2,3)26-17(24)22-16-9-8-14(10-11-21)15(12-16)13-23(7)18(25)27-20(4,5)6/h8-9,12H,10,13H2,1-7H3,(H,22,24). The minimum Gasteiger partial charge on any atom is -0.444 e. The van der Waals surface area contributed by atoms with Crippen LogP contribution < -0.4 is 5.32 Å². The Morgan fingerprint density at radius 1 is 1.07 bits per heavy atom. The number of nitriles is 1. The van der Waals surface area contributed by atoms with E-state index in [4.69, 9.17) is 14.7 Å². The normalized spacial score (nSPS) is 11.3. The van der Waals surface area contributed by atoms with E-state index in [-0.39, 0.29) is 13.0 Å². The molecule has 0 spiro atoms. The Labute approximate surface area is 161 Å². The summed E-state index contributed by atoms with van der Waals surface area (Å²) in [6.45, 7) is 11.0. The molecule has 148 valence electrons. The fraction of sp³-hybridized carbons (Fsp3) is 0.550. The van der Waals surface area contributed by atoms with E-state index in [9.17, 15) is 9.59 Å². The van der Waals surface area contributed by atoms with Crippen LogP contribution in [0.1, 0.15) is 52.7 Å². The molecule has 1 rings (SSSR count). The number of ether oxygens (including phenoxy) is 2. The van der Waals surface area contributed by atoms with Crippen molar-refractivity contribution in [1.82, 2.24) is 4.90 Å². The molecule has 0 aliphatic heterocycles. The average molecular weight is 375 g/mol. The van der Waals surface area contributed by atoms with Gasteiger partial charge in [-0.25, -0.2) is 9.59 Å². The number of benzene rings is 1. The first-order chi connectivity index (χ1) is 12.3. The van der Waals surface area contributed by atoms with E-state index in [1.807, 2.05) is 0 Å². The zero-order valence-electron chi connectivity index (χ0n) is 17.2. The fourth-order valence-electron chi connectivity index (χ4n) is 2.19. The van der Waals surface area contributed by atoms with E-state index in [0.717, 1.165) is 11.1 Å². The van der Waals surface area contributed by atoms with Gasteiger partial charge in [0, 0.05) is 19.3 Å². The van der Waals surface area contributed by atoms with E-state index in [0.29, 0.717) is 5.69 Å². The van der Waals surface area contributed by atoms with Crippen molar-refractivity contribution in [3.05, 3.63) is 29.3 Å². The van der Waals surface area contributed by atoms with Crippen molar-refractivity contribution in [2.45, 2.75) is 65.7 Å². The van der Waals surface area contributed by atoms with Crippen LogP contribution in [-0.4, -0.2) is 35.3 Å². The number of carbonyl (C=O) groups is 2. The lowest BCUT2D eigenvalue weighted by Gasteiger charge is -2.25. The quantitative estimate of drug-likeness (QED) is 0.838. The number of carbonyl (C=O) groups excluding carboxylic acids is 2. The van der Waals surface area contributed by atoms with Gasteiger partial charge in [-0.15, -0.1) is 0 Å². The maximum absolute atomic E-state index is 12.2. The monoisotopic (exact) mass is 375 g/mol. The minimum atomic E-state index is -0.607. The Hall–Kier alpha value is -2.75. The largest absolute Gasteiger partial charge is 0.444 e. The van der Waals surface area contributed by atoms with Crippen molar-refractivity contribution in [2.24, 2.45) is 0 Å². The van der Waals surface area contributed by atoms with Crippen molar-refractivity contribution >= 4 is 17.9 Å². The van der Waals surface area contributed by atoms with E-state index in [1.54, 1.807) is 66.8 Å². The lowest BCUT2D eigenvalue weighted by atomic mass is 10.0. The summed E-state index contributed by atoms with van der Waals surface area (Å²) in [6.07, 6.45) is -0.831. The van der Waals surface area contributed by atoms with Gasteiger partial charge in [-0.2, -0.15) is 5.26 Å². The predicted octanol–water partition coefficient (Wildman–Crippen LogP) is 4.47. The Morgan fingerprint density at radius 2 is 1.67 bits per heavy atom.